The predicted molar refractivity (Wildman–Crippen MR) is 141 cm³/mol. The molecule has 1 fully saturated rings. The van der Waals surface area contributed by atoms with Crippen LogP contribution in [0.25, 0.3) is 0 Å². The predicted octanol–water partition coefficient (Wildman–Crippen LogP) is 6.17. The van der Waals surface area contributed by atoms with E-state index in [1.807, 2.05) is 48.1 Å². The van der Waals surface area contributed by atoms with Gasteiger partial charge in [0.1, 0.15) is 18.0 Å². The first kappa shape index (κ1) is 25.7. The lowest BCUT2D eigenvalue weighted by atomic mass is 9.72. The Morgan fingerprint density at radius 1 is 1.22 bits per heavy atom. The van der Waals surface area contributed by atoms with Crippen molar-refractivity contribution >= 4 is 17.6 Å². The number of anilines is 1. The van der Waals surface area contributed by atoms with Gasteiger partial charge in [0.2, 0.25) is 0 Å². The maximum atomic E-state index is 14.1. The summed E-state index contributed by atoms with van der Waals surface area (Å²) in [6.45, 7) is 6.59. The number of fused-ring (bicyclic) bond motifs is 1. The molecular formula is C27H31F3N6S. The third kappa shape index (κ3) is 4.96. The minimum absolute atomic E-state index is 0.0797. The number of hydrogen-bond donors (Lipinski definition) is 0. The normalized spacial score (nSPS) is 19.0. The maximum Gasteiger partial charge on any atom is 0.418 e. The van der Waals surface area contributed by atoms with Gasteiger partial charge in [0.15, 0.2) is 0 Å². The van der Waals surface area contributed by atoms with Crippen LogP contribution in [0.4, 0.5) is 18.9 Å². The molecule has 2 aromatic rings. The molecule has 1 atom stereocenters. The Bertz CT molecular complexity index is 1270. The molecule has 0 spiro atoms. The third-order valence-corrected chi connectivity index (χ3v) is 8.01. The SMILES string of the molecule is C=C1N2C=C(CN(C)SCC)C=C(C(F)(F)F)C2=CN1c1cccc(C(c2nncn2C)C2CCC2)c1. The molecule has 6 nitrogen and oxygen atoms in total. The summed E-state index contributed by atoms with van der Waals surface area (Å²) in [5.41, 5.74) is 1.85. The number of benzene rings is 1. The highest BCUT2D eigenvalue weighted by Gasteiger charge is 2.43. The fourth-order valence-electron chi connectivity index (χ4n) is 5.23. The summed E-state index contributed by atoms with van der Waals surface area (Å²) in [5, 5.41) is 8.48. The lowest BCUT2D eigenvalue weighted by Crippen LogP contribution is -2.28. The zero-order chi connectivity index (χ0) is 26.3. The second kappa shape index (κ2) is 10.1. The smallest absolute Gasteiger partial charge is 0.320 e. The molecule has 2 aliphatic heterocycles. The molecule has 0 N–H and O–H groups in total. The number of allylic oxidation sites excluding steroid dienone is 1. The van der Waals surface area contributed by atoms with Crippen LogP contribution in [0.2, 0.25) is 0 Å². The molecule has 3 aliphatic rings. The Hall–Kier alpha value is -2.98. The number of nitrogens with zero attached hydrogens (tertiary/aromatic N) is 6. The van der Waals surface area contributed by atoms with Gasteiger partial charge in [0.05, 0.1) is 11.3 Å². The number of rotatable bonds is 8. The van der Waals surface area contributed by atoms with E-state index in [1.165, 1.54) is 12.5 Å². The number of likely N-dealkylation sites (N-methyl/N-ethyl adjacent to an activating group) is 1. The van der Waals surface area contributed by atoms with Gasteiger partial charge in [-0.15, -0.1) is 10.2 Å². The molecule has 0 radical (unpaired) electrons. The van der Waals surface area contributed by atoms with E-state index in [9.17, 15) is 13.2 Å². The van der Waals surface area contributed by atoms with E-state index in [0.29, 0.717) is 23.9 Å². The monoisotopic (exact) mass is 528 g/mol. The van der Waals surface area contributed by atoms with Gasteiger partial charge in [0, 0.05) is 43.4 Å². The van der Waals surface area contributed by atoms with Gasteiger partial charge in [-0.05, 0) is 55.2 Å². The second-order valence-corrected chi connectivity index (χ2v) is 11.2. The number of aromatic nitrogens is 3. The summed E-state index contributed by atoms with van der Waals surface area (Å²) in [4.78, 5) is 3.30. The minimum atomic E-state index is -4.49. The zero-order valence-electron chi connectivity index (χ0n) is 21.2. The van der Waals surface area contributed by atoms with Crippen LogP contribution in [0, 0.1) is 5.92 Å². The van der Waals surface area contributed by atoms with Crippen LogP contribution in [-0.4, -0.2) is 49.5 Å². The summed E-state index contributed by atoms with van der Waals surface area (Å²) in [5.74, 6) is 2.76. The van der Waals surface area contributed by atoms with Gasteiger partial charge < -0.3 is 14.4 Å². The van der Waals surface area contributed by atoms with Crippen molar-refractivity contribution < 1.29 is 13.2 Å². The highest BCUT2D eigenvalue weighted by Crippen LogP contribution is 2.46. The molecule has 196 valence electrons. The number of halogens is 3. The Labute approximate surface area is 220 Å². The van der Waals surface area contributed by atoms with Crippen molar-refractivity contribution in [1.82, 2.24) is 24.0 Å². The number of hydrogen-bond acceptors (Lipinski definition) is 6. The van der Waals surface area contributed by atoms with E-state index in [0.717, 1.165) is 35.7 Å². The quantitative estimate of drug-likeness (QED) is 0.382. The van der Waals surface area contributed by atoms with Crippen molar-refractivity contribution in [3.63, 3.8) is 0 Å². The summed E-state index contributed by atoms with van der Waals surface area (Å²) in [6.07, 6.45) is 5.20. The molecule has 1 aliphatic carbocycles. The van der Waals surface area contributed by atoms with Crippen LogP contribution >= 0.6 is 11.9 Å². The lowest BCUT2D eigenvalue weighted by molar-refractivity contribution is -0.0909. The maximum absolute atomic E-state index is 14.1. The van der Waals surface area contributed by atoms with Crippen molar-refractivity contribution in [2.45, 2.75) is 38.3 Å². The standard InChI is InChI=1S/C27H31F3N6S/c1-5-37-34(4)14-19-12-23(27(28,29)30)24-16-35(18(2)36(24)15-19)22-11-7-10-21(13-22)25(20-8-6-9-20)26-32-31-17-33(26)3/h7,10-13,15-17,20,25H,2,5-6,8-9,14H2,1,3-4H3. The molecule has 1 saturated carbocycles. The van der Waals surface area contributed by atoms with Crippen LogP contribution in [-0.2, 0) is 7.05 Å². The van der Waals surface area contributed by atoms with E-state index in [4.69, 9.17) is 0 Å². The Morgan fingerprint density at radius 2 is 2.00 bits per heavy atom. The Morgan fingerprint density at radius 3 is 2.62 bits per heavy atom. The molecule has 0 saturated heterocycles. The third-order valence-electron chi connectivity index (χ3n) is 7.18. The summed E-state index contributed by atoms with van der Waals surface area (Å²) >= 11 is 1.57. The van der Waals surface area contributed by atoms with Crippen LogP contribution < -0.4 is 4.90 Å². The molecule has 0 amide bonds. The summed E-state index contributed by atoms with van der Waals surface area (Å²) < 4.78 is 46.3. The van der Waals surface area contributed by atoms with Crippen molar-refractivity contribution in [1.29, 1.82) is 0 Å². The molecule has 1 aromatic carbocycles. The summed E-state index contributed by atoms with van der Waals surface area (Å²) in [7, 11) is 3.83. The molecule has 10 heteroatoms. The van der Waals surface area contributed by atoms with Crippen molar-refractivity contribution in [3.8, 4) is 0 Å². The minimum Gasteiger partial charge on any atom is -0.320 e. The first-order valence-electron chi connectivity index (χ1n) is 12.4. The molecule has 0 bridgehead atoms. The fraction of sp³-hybridized carbons (Fsp3) is 0.407. The Kier molecular flexibility index (Phi) is 6.97. The van der Waals surface area contributed by atoms with Crippen molar-refractivity contribution in [3.05, 3.63) is 89.7 Å². The average molecular weight is 529 g/mol. The number of aryl methyl sites for hydroxylation is 1. The Balaban J connectivity index is 1.49. The molecular weight excluding hydrogens is 497 g/mol. The first-order valence-corrected chi connectivity index (χ1v) is 13.4. The van der Waals surface area contributed by atoms with E-state index >= 15 is 0 Å². The van der Waals surface area contributed by atoms with Crippen LogP contribution in [0.15, 0.2) is 78.3 Å². The zero-order valence-corrected chi connectivity index (χ0v) is 22.1. The lowest BCUT2D eigenvalue weighted by Gasteiger charge is -2.34. The van der Waals surface area contributed by atoms with E-state index in [1.54, 1.807) is 40.5 Å². The van der Waals surface area contributed by atoms with Gasteiger partial charge in [-0.1, -0.05) is 44.0 Å². The van der Waals surface area contributed by atoms with Gasteiger partial charge in [-0.2, -0.15) is 13.2 Å². The molecule has 3 heterocycles. The highest BCUT2D eigenvalue weighted by molar-refractivity contribution is 7.96. The molecule has 5 rings (SSSR count). The number of alkyl halides is 3. The van der Waals surface area contributed by atoms with E-state index in [2.05, 4.69) is 22.8 Å². The van der Waals surface area contributed by atoms with Gasteiger partial charge in [-0.3, -0.25) is 0 Å². The van der Waals surface area contributed by atoms with Gasteiger partial charge in [-0.25, -0.2) is 4.31 Å². The fourth-order valence-corrected chi connectivity index (χ4v) is 5.91. The van der Waals surface area contributed by atoms with Crippen LogP contribution in [0.5, 0.6) is 0 Å². The van der Waals surface area contributed by atoms with Crippen LogP contribution in [0.1, 0.15) is 43.5 Å². The van der Waals surface area contributed by atoms with Crippen LogP contribution in [0.3, 0.4) is 0 Å². The van der Waals surface area contributed by atoms with E-state index in [-0.39, 0.29) is 11.6 Å². The highest BCUT2D eigenvalue weighted by atomic mass is 32.2. The van der Waals surface area contributed by atoms with Crippen molar-refractivity contribution in [2.24, 2.45) is 13.0 Å². The van der Waals surface area contributed by atoms with Crippen molar-refractivity contribution in [2.75, 3.05) is 24.2 Å². The largest absolute Gasteiger partial charge is 0.418 e. The summed E-state index contributed by atoms with van der Waals surface area (Å²) in [6, 6.07) is 7.98. The molecule has 1 unspecified atom stereocenters. The first-order chi connectivity index (χ1) is 17.7. The topological polar surface area (TPSA) is 40.4 Å². The molecule has 37 heavy (non-hydrogen) atoms. The van der Waals surface area contributed by atoms with Gasteiger partial charge in [0.25, 0.3) is 0 Å². The van der Waals surface area contributed by atoms with Gasteiger partial charge >= 0.3 is 6.18 Å². The van der Waals surface area contributed by atoms with E-state index < -0.39 is 11.7 Å². The average Bonchev–Trinajstić information content (AvgIpc) is 3.38. The second-order valence-electron chi connectivity index (χ2n) is 9.70. The molecule has 1 aromatic heterocycles.